The molecular formula is C35H64N2O10. The average molecular weight is 673 g/mol. The summed E-state index contributed by atoms with van der Waals surface area (Å²) in [6.45, 7) is 7.66. The van der Waals surface area contributed by atoms with E-state index in [4.69, 9.17) is 28.8 Å². The summed E-state index contributed by atoms with van der Waals surface area (Å²) in [6, 6.07) is -0.0797. The van der Waals surface area contributed by atoms with Gasteiger partial charge in [-0.25, -0.2) is 4.79 Å². The number of urea groups is 1. The van der Waals surface area contributed by atoms with Gasteiger partial charge in [0.05, 0.1) is 0 Å². The van der Waals surface area contributed by atoms with E-state index in [0.717, 1.165) is 64.3 Å². The lowest BCUT2D eigenvalue weighted by Crippen LogP contribution is -2.58. The second-order valence-electron chi connectivity index (χ2n) is 12.6. The third-order valence-electron chi connectivity index (χ3n) is 8.26. The molecule has 12 nitrogen and oxygen atoms in total. The van der Waals surface area contributed by atoms with Gasteiger partial charge in [0.25, 0.3) is 0 Å². The Morgan fingerprint density at radius 1 is 0.617 bits per heavy atom. The van der Waals surface area contributed by atoms with Crippen molar-refractivity contribution >= 4 is 23.9 Å². The summed E-state index contributed by atoms with van der Waals surface area (Å²) in [5.41, 5.74) is 0. The van der Waals surface area contributed by atoms with E-state index in [9.17, 15) is 19.2 Å². The molecular weight excluding hydrogens is 608 g/mol. The standard InChI is InChI=1S/C35H64N2O10/c1-27-32(45-29(3)40)33(46-30(4)41)31(26-44-28(2)39)47-34(27)43-25-21-17-13-11-9-7-5-6-8-10-12-14-18-22-36-35(42)37-23-19-15-16-20-24-38/h27,31-34,38H,5-26H2,1-4H3,(H2,36,37,42)/t27-,31-,32-,33-,34-/m1/s1. The van der Waals surface area contributed by atoms with Gasteiger partial charge in [0.1, 0.15) is 18.8 Å². The highest BCUT2D eigenvalue weighted by molar-refractivity contribution is 5.73. The van der Waals surface area contributed by atoms with Gasteiger partial charge in [-0.15, -0.1) is 0 Å². The molecule has 1 aliphatic rings. The topological polar surface area (TPSA) is 159 Å². The van der Waals surface area contributed by atoms with Crippen LogP contribution in [0.2, 0.25) is 0 Å². The predicted molar refractivity (Wildman–Crippen MR) is 178 cm³/mol. The summed E-state index contributed by atoms with van der Waals surface area (Å²) < 4.78 is 28.1. The highest BCUT2D eigenvalue weighted by Crippen LogP contribution is 2.32. The lowest BCUT2D eigenvalue weighted by atomic mass is 9.92. The van der Waals surface area contributed by atoms with Gasteiger partial charge in [-0.2, -0.15) is 0 Å². The van der Waals surface area contributed by atoms with E-state index in [1.54, 1.807) is 0 Å². The van der Waals surface area contributed by atoms with E-state index in [0.29, 0.717) is 13.2 Å². The van der Waals surface area contributed by atoms with Gasteiger partial charge >= 0.3 is 23.9 Å². The number of carbonyl (C=O) groups excluding carboxylic acids is 4. The van der Waals surface area contributed by atoms with Crippen molar-refractivity contribution < 1.29 is 48.0 Å². The van der Waals surface area contributed by atoms with Crippen LogP contribution in [0, 0.1) is 5.92 Å². The molecule has 0 aromatic carbocycles. The molecule has 1 aliphatic heterocycles. The van der Waals surface area contributed by atoms with Gasteiger partial charge < -0.3 is 39.4 Å². The van der Waals surface area contributed by atoms with E-state index in [1.165, 1.54) is 72.1 Å². The van der Waals surface area contributed by atoms with Crippen molar-refractivity contribution in [1.29, 1.82) is 0 Å². The average Bonchev–Trinajstić information content (AvgIpc) is 3.02. The number of unbranched alkanes of at least 4 members (excludes halogenated alkanes) is 15. The van der Waals surface area contributed by atoms with Gasteiger partial charge in [-0.1, -0.05) is 90.4 Å². The summed E-state index contributed by atoms with van der Waals surface area (Å²) in [5.74, 6) is -1.94. The largest absolute Gasteiger partial charge is 0.463 e. The van der Waals surface area contributed by atoms with Gasteiger partial charge in [-0.3, -0.25) is 14.4 Å². The molecule has 0 aromatic heterocycles. The van der Waals surface area contributed by atoms with Crippen LogP contribution in [0.1, 0.15) is 137 Å². The van der Waals surface area contributed by atoms with Crippen LogP contribution in [0.15, 0.2) is 0 Å². The molecule has 47 heavy (non-hydrogen) atoms. The highest BCUT2D eigenvalue weighted by Gasteiger charge is 2.48. The first-order valence-electron chi connectivity index (χ1n) is 18.0. The smallest absolute Gasteiger partial charge is 0.314 e. The summed E-state index contributed by atoms with van der Waals surface area (Å²) in [7, 11) is 0. The highest BCUT2D eigenvalue weighted by atomic mass is 16.7. The zero-order valence-electron chi connectivity index (χ0n) is 29.6. The number of ether oxygens (including phenoxy) is 5. The molecule has 1 fully saturated rings. The maximum atomic E-state index is 11.8. The van der Waals surface area contributed by atoms with E-state index >= 15 is 0 Å². The second-order valence-corrected chi connectivity index (χ2v) is 12.6. The zero-order chi connectivity index (χ0) is 34.7. The Morgan fingerprint density at radius 3 is 1.53 bits per heavy atom. The van der Waals surface area contributed by atoms with E-state index < -0.39 is 48.4 Å². The molecule has 274 valence electrons. The minimum atomic E-state index is -0.913. The minimum absolute atomic E-state index is 0.0797. The SMILES string of the molecule is CC(=O)OC[C@H]1O[C@@H](OCCCCCCCCCCCCCCCNC(=O)NCCCCCCO)[C@H](C)[C@@H](OC(C)=O)[C@@H]1OC(C)=O. The van der Waals surface area contributed by atoms with Gasteiger partial charge in [0.2, 0.25) is 0 Å². The third kappa shape index (κ3) is 21.9. The molecule has 0 unspecified atom stereocenters. The molecule has 12 heteroatoms. The van der Waals surface area contributed by atoms with Crippen LogP contribution in [-0.4, -0.2) is 86.6 Å². The molecule has 5 atom stereocenters. The molecule has 0 spiro atoms. The summed E-state index contributed by atoms with van der Waals surface area (Å²) >= 11 is 0. The molecule has 0 bridgehead atoms. The number of aliphatic hydroxyl groups excluding tert-OH is 1. The van der Waals surface area contributed by atoms with Crippen molar-refractivity contribution in [2.75, 3.05) is 32.9 Å². The van der Waals surface area contributed by atoms with Crippen molar-refractivity contribution in [2.24, 2.45) is 5.92 Å². The summed E-state index contributed by atoms with van der Waals surface area (Å²) in [6.07, 6.45) is 15.8. The van der Waals surface area contributed by atoms with Crippen molar-refractivity contribution in [3.05, 3.63) is 0 Å². The Bertz CT molecular complexity index is 858. The first-order chi connectivity index (χ1) is 22.6. The fourth-order valence-electron chi connectivity index (χ4n) is 5.69. The third-order valence-corrected chi connectivity index (χ3v) is 8.26. The van der Waals surface area contributed by atoms with Crippen LogP contribution >= 0.6 is 0 Å². The second kappa shape index (κ2) is 27.5. The number of hydrogen-bond donors (Lipinski definition) is 3. The van der Waals surface area contributed by atoms with Crippen LogP contribution < -0.4 is 10.6 Å². The Kier molecular flexibility index (Phi) is 24.9. The number of hydrogen-bond acceptors (Lipinski definition) is 10. The molecule has 1 saturated heterocycles. The Hall–Kier alpha value is -2.44. The quantitative estimate of drug-likeness (QED) is 0.0560. The van der Waals surface area contributed by atoms with Gasteiger partial charge in [0.15, 0.2) is 12.4 Å². The molecule has 3 N–H and O–H groups in total. The molecule has 2 amide bonds. The summed E-state index contributed by atoms with van der Waals surface area (Å²) in [4.78, 5) is 46.7. The monoisotopic (exact) mass is 672 g/mol. The lowest BCUT2D eigenvalue weighted by Gasteiger charge is -2.43. The van der Waals surface area contributed by atoms with Crippen molar-refractivity contribution in [3.63, 3.8) is 0 Å². The molecule has 1 rings (SSSR count). The fraction of sp³-hybridized carbons (Fsp3) is 0.886. The molecule has 0 saturated carbocycles. The van der Waals surface area contributed by atoms with Crippen LogP contribution in [-0.2, 0) is 38.1 Å². The maximum absolute atomic E-state index is 11.8. The number of aliphatic hydroxyl groups is 1. The van der Waals surface area contributed by atoms with Crippen molar-refractivity contribution in [1.82, 2.24) is 10.6 Å². The number of nitrogens with one attached hydrogen (secondary N) is 2. The number of amides is 2. The van der Waals surface area contributed by atoms with Crippen molar-refractivity contribution in [2.45, 2.75) is 161 Å². The van der Waals surface area contributed by atoms with Crippen molar-refractivity contribution in [3.8, 4) is 0 Å². The maximum Gasteiger partial charge on any atom is 0.314 e. The Morgan fingerprint density at radius 2 is 1.06 bits per heavy atom. The zero-order valence-corrected chi connectivity index (χ0v) is 29.6. The van der Waals surface area contributed by atoms with Crippen LogP contribution in [0.4, 0.5) is 4.79 Å². The predicted octanol–water partition coefficient (Wildman–Crippen LogP) is 5.71. The molecule has 0 aliphatic carbocycles. The Labute approximate surface area is 282 Å². The first kappa shape index (κ1) is 42.6. The summed E-state index contributed by atoms with van der Waals surface area (Å²) in [5, 5.41) is 14.6. The Balaban J connectivity index is 2.08. The lowest BCUT2D eigenvalue weighted by molar-refractivity contribution is -0.288. The van der Waals surface area contributed by atoms with Gasteiger partial charge in [0, 0.05) is 53.0 Å². The number of carbonyl (C=O) groups is 4. The molecule has 0 aromatic rings. The van der Waals surface area contributed by atoms with E-state index in [-0.39, 0.29) is 19.2 Å². The van der Waals surface area contributed by atoms with Crippen LogP contribution in [0.25, 0.3) is 0 Å². The van der Waals surface area contributed by atoms with Gasteiger partial charge in [-0.05, 0) is 25.7 Å². The van der Waals surface area contributed by atoms with Crippen LogP contribution in [0.3, 0.4) is 0 Å². The van der Waals surface area contributed by atoms with E-state index in [1.807, 2.05) is 6.92 Å². The number of esters is 3. The fourth-order valence-corrected chi connectivity index (χ4v) is 5.69. The van der Waals surface area contributed by atoms with Crippen LogP contribution in [0.5, 0.6) is 0 Å². The van der Waals surface area contributed by atoms with E-state index in [2.05, 4.69) is 10.6 Å². The number of rotatable bonds is 27. The molecule has 1 heterocycles. The minimum Gasteiger partial charge on any atom is -0.463 e. The molecule has 0 radical (unpaired) electrons. The first-order valence-corrected chi connectivity index (χ1v) is 18.0. The normalized spacial score (nSPS) is 20.7.